The van der Waals surface area contributed by atoms with Gasteiger partial charge in [-0.25, -0.2) is 0 Å². The Morgan fingerprint density at radius 2 is 1.56 bits per heavy atom. The summed E-state index contributed by atoms with van der Waals surface area (Å²) in [4.78, 5) is 42.5. The summed E-state index contributed by atoms with van der Waals surface area (Å²) in [5.41, 5.74) is 0.918. The standard InChI is InChI=1S/C19H25N3O3/c1-13-11-21(12-14(2)20(13)3)17(23)9-6-10-22-18(24)15-7-4-5-8-16(15)19(22)25/h4-5,7-8,13-14H,6,9-12H2,1-3H3. The molecule has 0 aromatic heterocycles. The molecular formula is C19H25N3O3. The van der Waals surface area contributed by atoms with Crippen molar-refractivity contribution in [1.29, 1.82) is 0 Å². The van der Waals surface area contributed by atoms with Crippen molar-refractivity contribution in [3.63, 3.8) is 0 Å². The molecule has 1 aromatic rings. The van der Waals surface area contributed by atoms with E-state index in [1.165, 1.54) is 4.90 Å². The maximum atomic E-state index is 12.5. The third kappa shape index (κ3) is 3.31. The van der Waals surface area contributed by atoms with E-state index in [9.17, 15) is 14.4 Å². The fraction of sp³-hybridized carbons (Fsp3) is 0.526. The molecule has 0 N–H and O–H groups in total. The Labute approximate surface area is 148 Å². The molecule has 0 spiro atoms. The molecule has 2 aliphatic heterocycles. The van der Waals surface area contributed by atoms with E-state index in [1.54, 1.807) is 24.3 Å². The van der Waals surface area contributed by atoms with Gasteiger partial charge in [0.25, 0.3) is 11.8 Å². The van der Waals surface area contributed by atoms with Crippen molar-refractivity contribution < 1.29 is 14.4 Å². The molecule has 134 valence electrons. The van der Waals surface area contributed by atoms with Gasteiger partial charge in [0.1, 0.15) is 0 Å². The van der Waals surface area contributed by atoms with Gasteiger partial charge in [-0.15, -0.1) is 0 Å². The maximum absolute atomic E-state index is 12.5. The minimum atomic E-state index is -0.255. The minimum absolute atomic E-state index is 0.100. The van der Waals surface area contributed by atoms with Gasteiger partial charge in [-0.1, -0.05) is 12.1 Å². The highest BCUT2D eigenvalue weighted by Gasteiger charge is 2.35. The van der Waals surface area contributed by atoms with Gasteiger partial charge in [-0.2, -0.15) is 0 Å². The summed E-state index contributed by atoms with van der Waals surface area (Å²) in [5, 5.41) is 0. The molecule has 6 heteroatoms. The second-order valence-corrected chi connectivity index (χ2v) is 7.07. The quantitative estimate of drug-likeness (QED) is 0.780. The van der Waals surface area contributed by atoms with Crippen molar-refractivity contribution in [1.82, 2.24) is 14.7 Å². The number of likely N-dealkylation sites (N-methyl/N-ethyl adjacent to an activating group) is 1. The first kappa shape index (κ1) is 17.6. The summed E-state index contributed by atoms with van der Waals surface area (Å²) in [6, 6.07) is 7.54. The van der Waals surface area contributed by atoms with Gasteiger partial charge in [0.15, 0.2) is 0 Å². The second kappa shape index (κ2) is 6.96. The van der Waals surface area contributed by atoms with Crippen LogP contribution in [0.15, 0.2) is 24.3 Å². The van der Waals surface area contributed by atoms with Crippen molar-refractivity contribution in [2.24, 2.45) is 0 Å². The van der Waals surface area contributed by atoms with E-state index < -0.39 is 0 Å². The van der Waals surface area contributed by atoms with Crippen LogP contribution in [0.2, 0.25) is 0 Å². The molecule has 2 aliphatic rings. The Bertz CT molecular complexity index is 656. The highest BCUT2D eigenvalue weighted by atomic mass is 16.2. The Morgan fingerprint density at radius 3 is 2.08 bits per heavy atom. The molecule has 1 saturated heterocycles. The molecule has 3 rings (SSSR count). The largest absolute Gasteiger partial charge is 0.340 e. The van der Waals surface area contributed by atoms with E-state index in [0.717, 1.165) is 13.1 Å². The van der Waals surface area contributed by atoms with E-state index in [4.69, 9.17) is 0 Å². The summed E-state index contributed by atoms with van der Waals surface area (Å²) in [6.07, 6.45) is 0.857. The second-order valence-electron chi connectivity index (χ2n) is 7.07. The SMILES string of the molecule is CC1CN(C(=O)CCCN2C(=O)c3ccccc3C2=O)CC(C)N1C. The normalized spacial score (nSPS) is 24.0. The zero-order chi connectivity index (χ0) is 18.1. The van der Waals surface area contributed by atoms with Crippen LogP contribution in [-0.2, 0) is 4.79 Å². The minimum Gasteiger partial charge on any atom is -0.340 e. The van der Waals surface area contributed by atoms with E-state index in [0.29, 0.717) is 36.1 Å². The van der Waals surface area contributed by atoms with Gasteiger partial charge in [0.05, 0.1) is 11.1 Å². The lowest BCUT2D eigenvalue weighted by molar-refractivity contribution is -0.135. The fourth-order valence-electron chi connectivity index (χ4n) is 3.60. The molecule has 1 aromatic carbocycles. The summed E-state index contributed by atoms with van der Waals surface area (Å²) in [7, 11) is 2.08. The first-order chi connectivity index (χ1) is 11.9. The van der Waals surface area contributed by atoms with Crippen LogP contribution in [0, 0.1) is 0 Å². The van der Waals surface area contributed by atoms with Gasteiger partial charge >= 0.3 is 0 Å². The predicted molar refractivity (Wildman–Crippen MR) is 94.3 cm³/mol. The number of carbonyl (C=O) groups is 3. The average Bonchev–Trinajstić information content (AvgIpc) is 2.84. The van der Waals surface area contributed by atoms with Gasteiger partial charge in [-0.05, 0) is 39.4 Å². The number of piperazine rings is 1. The van der Waals surface area contributed by atoms with Crippen molar-refractivity contribution in [2.45, 2.75) is 38.8 Å². The maximum Gasteiger partial charge on any atom is 0.261 e. The third-order valence-electron chi connectivity index (χ3n) is 5.36. The average molecular weight is 343 g/mol. The lowest BCUT2D eigenvalue weighted by Gasteiger charge is -2.42. The number of nitrogens with zero attached hydrogens (tertiary/aromatic N) is 3. The number of imide groups is 1. The summed E-state index contributed by atoms with van der Waals surface area (Å²) in [6.45, 7) is 5.99. The van der Waals surface area contributed by atoms with Gasteiger partial charge in [0.2, 0.25) is 5.91 Å². The van der Waals surface area contributed by atoms with Crippen LogP contribution < -0.4 is 0 Å². The number of rotatable bonds is 4. The van der Waals surface area contributed by atoms with E-state index >= 15 is 0 Å². The highest BCUT2D eigenvalue weighted by Crippen LogP contribution is 2.23. The first-order valence-electron chi connectivity index (χ1n) is 8.85. The number of hydrogen-bond donors (Lipinski definition) is 0. The van der Waals surface area contributed by atoms with Crippen molar-refractivity contribution >= 4 is 17.7 Å². The number of fused-ring (bicyclic) bond motifs is 1. The van der Waals surface area contributed by atoms with Gasteiger partial charge in [0, 0.05) is 38.1 Å². The lowest BCUT2D eigenvalue weighted by Crippen LogP contribution is -2.56. The smallest absolute Gasteiger partial charge is 0.261 e. The van der Waals surface area contributed by atoms with E-state index in [2.05, 4.69) is 25.8 Å². The van der Waals surface area contributed by atoms with Crippen LogP contribution in [0.5, 0.6) is 0 Å². The van der Waals surface area contributed by atoms with Gasteiger partial charge in [-0.3, -0.25) is 24.2 Å². The number of benzene rings is 1. The van der Waals surface area contributed by atoms with Crippen LogP contribution >= 0.6 is 0 Å². The van der Waals surface area contributed by atoms with E-state index in [1.807, 2.05) is 4.90 Å². The fourth-order valence-corrected chi connectivity index (χ4v) is 3.60. The van der Waals surface area contributed by atoms with Crippen LogP contribution in [0.3, 0.4) is 0 Å². The summed E-state index contributed by atoms with van der Waals surface area (Å²) in [5.74, 6) is -0.409. The number of hydrogen-bond acceptors (Lipinski definition) is 4. The molecule has 25 heavy (non-hydrogen) atoms. The van der Waals surface area contributed by atoms with Crippen molar-refractivity contribution in [2.75, 3.05) is 26.7 Å². The predicted octanol–water partition coefficient (Wildman–Crippen LogP) is 1.61. The van der Waals surface area contributed by atoms with Crippen LogP contribution in [0.25, 0.3) is 0 Å². The Kier molecular flexibility index (Phi) is 4.90. The molecule has 3 amide bonds. The van der Waals surface area contributed by atoms with E-state index in [-0.39, 0.29) is 24.3 Å². The monoisotopic (exact) mass is 343 g/mol. The number of carbonyl (C=O) groups excluding carboxylic acids is 3. The first-order valence-corrected chi connectivity index (χ1v) is 8.85. The molecule has 0 aliphatic carbocycles. The molecule has 0 radical (unpaired) electrons. The molecule has 0 saturated carbocycles. The van der Waals surface area contributed by atoms with Crippen molar-refractivity contribution in [3.05, 3.63) is 35.4 Å². The van der Waals surface area contributed by atoms with Crippen LogP contribution in [0.1, 0.15) is 47.4 Å². The Balaban J connectivity index is 1.53. The van der Waals surface area contributed by atoms with Gasteiger partial charge < -0.3 is 4.90 Å². The Morgan fingerprint density at radius 1 is 1.04 bits per heavy atom. The molecule has 2 heterocycles. The zero-order valence-electron chi connectivity index (χ0n) is 15.1. The topological polar surface area (TPSA) is 60.9 Å². The molecule has 2 atom stereocenters. The molecule has 1 fully saturated rings. The molecule has 6 nitrogen and oxygen atoms in total. The number of amides is 3. The summed E-state index contributed by atoms with van der Waals surface area (Å²) < 4.78 is 0. The zero-order valence-corrected chi connectivity index (χ0v) is 15.1. The highest BCUT2D eigenvalue weighted by molar-refractivity contribution is 6.21. The third-order valence-corrected chi connectivity index (χ3v) is 5.36. The van der Waals surface area contributed by atoms with Crippen LogP contribution in [-0.4, -0.2) is 71.2 Å². The molecule has 0 bridgehead atoms. The molecular weight excluding hydrogens is 318 g/mol. The molecule has 2 unspecified atom stereocenters. The Hall–Kier alpha value is -2.21. The summed E-state index contributed by atoms with van der Waals surface area (Å²) >= 11 is 0. The van der Waals surface area contributed by atoms with Crippen LogP contribution in [0.4, 0.5) is 0 Å². The lowest BCUT2D eigenvalue weighted by atomic mass is 10.1. The van der Waals surface area contributed by atoms with Crippen molar-refractivity contribution in [3.8, 4) is 0 Å².